The first kappa shape index (κ1) is 31.6. The fraction of sp³-hybridized carbons (Fsp3) is 0.679. The van der Waals surface area contributed by atoms with Gasteiger partial charge < -0.3 is 25.8 Å². The Balaban J connectivity index is 2.62. The Morgan fingerprint density at radius 2 is 1.44 bits per heavy atom. The maximum Gasteiger partial charge on any atom is 0.337 e. The topological polar surface area (TPSA) is 117 Å². The van der Waals surface area contributed by atoms with E-state index in [1.807, 2.05) is 0 Å². The van der Waals surface area contributed by atoms with Gasteiger partial charge in [0.1, 0.15) is 0 Å². The third-order valence-corrected chi connectivity index (χ3v) is 6.13. The summed E-state index contributed by atoms with van der Waals surface area (Å²) in [6, 6.07) is 6.85. The van der Waals surface area contributed by atoms with E-state index in [4.69, 9.17) is 4.74 Å². The van der Waals surface area contributed by atoms with Crippen LogP contribution < -0.4 is 16.0 Å². The van der Waals surface area contributed by atoms with Crippen molar-refractivity contribution in [3.8, 4) is 0 Å². The molecule has 0 saturated carbocycles. The molecule has 4 N–H and O–H groups in total. The fourth-order valence-corrected chi connectivity index (χ4v) is 3.88. The van der Waals surface area contributed by atoms with E-state index in [0.717, 1.165) is 50.5 Å². The molecule has 1 aromatic carbocycles. The summed E-state index contributed by atoms with van der Waals surface area (Å²) in [5, 5.41) is 19.5. The van der Waals surface area contributed by atoms with Gasteiger partial charge in [0, 0.05) is 19.5 Å². The first-order chi connectivity index (χ1) is 17.4. The molecule has 0 bridgehead atoms. The molecule has 1 atom stereocenters. The highest BCUT2D eigenvalue weighted by Crippen LogP contribution is 2.10. The van der Waals surface area contributed by atoms with E-state index in [-0.39, 0.29) is 18.9 Å². The SMILES string of the molecule is CCCCCCCCCC(=O)NC(O)(CNCc1ccc(C(=O)OC)cc1)C(=O)NCCCCCC. The Morgan fingerprint density at radius 1 is 0.861 bits per heavy atom. The number of aliphatic hydroxyl groups is 1. The minimum Gasteiger partial charge on any atom is -0.465 e. The summed E-state index contributed by atoms with van der Waals surface area (Å²) >= 11 is 0. The lowest BCUT2D eigenvalue weighted by Gasteiger charge is -2.28. The third-order valence-electron chi connectivity index (χ3n) is 6.13. The van der Waals surface area contributed by atoms with E-state index >= 15 is 0 Å². The van der Waals surface area contributed by atoms with E-state index in [1.165, 1.54) is 32.8 Å². The predicted molar refractivity (Wildman–Crippen MR) is 142 cm³/mol. The number of amides is 2. The lowest BCUT2D eigenvalue weighted by Crippen LogP contribution is -2.63. The maximum atomic E-state index is 12.8. The van der Waals surface area contributed by atoms with Gasteiger partial charge in [0.05, 0.1) is 19.2 Å². The van der Waals surface area contributed by atoms with Crippen molar-refractivity contribution >= 4 is 17.8 Å². The molecule has 1 aromatic rings. The highest BCUT2D eigenvalue weighted by Gasteiger charge is 2.37. The number of hydrogen-bond acceptors (Lipinski definition) is 6. The minimum atomic E-state index is -2.05. The highest BCUT2D eigenvalue weighted by atomic mass is 16.5. The van der Waals surface area contributed by atoms with Gasteiger partial charge in [0.15, 0.2) is 0 Å². The first-order valence-corrected chi connectivity index (χ1v) is 13.6. The van der Waals surface area contributed by atoms with Crippen molar-refractivity contribution in [1.29, 1.82) is 0 Å². The quantitative estimate of drug-likeness (QED) is 0.120. The van der Waals surface area contributed by atoms with Gasteiger partial charge in [0.25, 0.3) is 5.91 Å². The second-order valence-corrected chi connectivity index (χ2v) is 9.39. The zero-order chi connectivity index (χ0) is 26.7. The number of benzene rings is 1. The van der Waals surface area contributed by atoms with E-state index in [9.17, 15) is 19.5 Å². The second kappa shape index (κ2) is 18.8. The monoisotopic (exact) mass is 505 g/mol. The lowest BCUT2D eigenvalue weighted by molar-refractivity contribution is -0.149. The molecule has 8 nitrogen and oxygen atoms in total. The van der Waals surface area contributed by atoms with Gasteiger partial charge in [0.2, 0.25) is 11.6 Å². The largest absolute Gasteiger partial charge is 0.465 e. The molecule has 0 spiro atoms. The van der Waals surface area contributed by atoms with E-state index in [1.54, 1.807) is 24.3 Å². The summed E-state index contributed by atoms with van der Waals surface area (Å²) in [5.74, 6) is -1.36. The van der Waals surface area contributed by atoms with Crippen molar-refractivity contribution < 1.29 is 24.2 Å². The molecular formula is C28H47N3O5. The average molecular weight is 506 g/mol. The van der Waals surface area contributed by atoms with Gasteiger partial charge in [-0.1, -0.05) is 83.8 Å². The van der Waals surface area contributed by atoms with E-state index in [0.29, 0.717) is 18.7 Å². The molecule has 0 radical (unpaired) electrons. The van der Waals surface area contributed by atoms with Gasteiger partial charge in [-0.2, -0.15) is 0 Å². The van der Waals surface area contributed by atoms with Crippen molar-refractivity contribution in [1.82, 2.24) is 16.0 Å². The van der Waals surface area contributed by atoms with Gasteiger partial charge in [-0.15, -0.1) is 0 Å². The number of methoxy groups -OCH3 is 1. The molecule has 0 saturated heterocycles. The minimum absolute atomic E-state index is 0.144. The summed E-state index contributed by atoms with van der Waals surface area (Å²) in [7, 11) is 1.33. The first-order valence-electron chi connectivity index (χ1n) is 13.6. The van der Waals surface area contributed by atoms with Crippen LogP contribution in [0, 0.1) is 0 Å². The van der Waals surface area contributed by atoms with E-state index < -0.39 is 17.6 Å². The molecule has 0 aliphatic heterocycles. The molecule has 0 aromatic heterocycles. The van der Waals surface area contributed by atoms with Crippen LogP contribution in [0.5, 0.6) is 0 Å². The van der Waals surface area contributed by atoms with Crippen LogP contribution in [-0.4, -0.2) is 48.8 Å². The maximum absolute atomic E-state index is 12.8. The highest BCUT2D eigenvalue weighted by molar-refractivity contribution is 5.90. The molecule has 8 heteroatoms. The van der Waals surface area contributed by atoms with Crippen molar-refractivity contribution in [2.45, 2.75) is 103 Å². The number of carbonyl (C=O) groups is 3. The van der Waals surface area contributed by atoms with Crippen LogP contribution in [0.4, 0.5) is 0 Å². The third kappa shape index (κ3) is 13.0. The van der Waals surface area contributed by atoms with Crippen molar-refractivity contribution in [3.63, 3.8) is 0 Å². The molecule has 0 aliphatic carbocycles. The van der Waals surface area contributed by atoms with E-state index in [2.05, 4.69) is 29.8 Å². The number of ether oxygens (including phenoxy) is 1. The molecule has 0 heterocycles. The van der Waals surface area contributed by atoms with Crippen molar-refractivity contribution in [3.05, 3.63) is 35.4 Å². The standard InChI is InChI=1S/C28H47N3O5/c1-4-6-8-10-11-12-13-15-25(32)31-28(35,27(34)30-20-14-9-7-5-2)22-29-21-23-16-18-24(19-17-23)26(33)36-3/h16-19,29,35H,4-15,20-22H2,1-3H3,(H,30,34)(H,31,32). The number of carbonyl (C=O) groups excluding carboxylic acids is 3. The summed E-state index contributed by atoms with van der Waals surface area (Å²) in [6.07, 6.45) is 11.9. The van der Waals surface area contributed by atoms with Gasteiger partial charge in [-0.05, 0) is 30.5 Å². The number of nitrogens with one attached hydrogen (secondary N) is 3. The summed E-state index contributed by atoms with van der Waals surface area (Å²) in [5.41, 5.74) is -0.744. The van der Waals surface area contributed by atoms with Crippen LogP contribution in [0.15, 0.2) is 24.3 Å². The predicted octanol–water partition coefficient (Wildman–Crippen LogP) is 4.20. The Morgan fingerprint density at radius 3 is 2.06 bits per heavy atom. The smallest absolute Gasteiger partial charge is 0.337 e. The van der Waals surface area contributed by atoms with Gasteiger partial charge in [-0.3, -0.25) is 9.59 Å². The number of rotatable bonds is 20. The molecule has 0 fully saturated rings. The molecule has 204 valence electrons. The van der Waals surface area contributed by atoms with Crippen LogP contribution in [-0.2, 0) is 20.9 Å². The van der Waals surface area contributed by atoms with Crippen LogP contribution in [0.25, 0.3) is 0 Å². The van der Waals surface area contributed by atoms with Crippen LogP contribution in [0.2, 0.25) is 0 Å². The van der Waals surface area contributed by atoms with Crippen LogP contribution in [0.3, 0.4) is 0 Å². The lowest BCUT2D eigenvalue weighted by atomic mass is 10.1. The fourth-order valence-electron chi connectivity index (χ4n) is 3.88. The summed E-state index contributed by atoms with van der Waals surface area (Å²) in [4.78, 5) is 37.0. The number of unbranched alkanes of at least 4 members (excludes halogenated alkanes) is 9. The molecule has 36 heavy (non-hydrogen) atoms. The molecule has 0 aliphatic rings. The molecule has 1 unspecified atom stereocenters. The Kier molecular flexibility index (Phi) is 16.5. The average Bonchev–Trinajstić information content (AvgIpc) is 2.87. The van der Waals surface area contributed by atoms with Gasteiger partial charge >= 0.3 is 5.97 Å². The summed E-state index contributed by atoms with van der Waals surface area (Å²) < 4.78 is 4.70. The van der Waals surface area contributed by atoms with Crippen molar-refractivity contribution in [2.24, 2.45) is 0 Å². The van der Waals surface area contributed by atoms with Gasteiger partial charge in [-0.25, -0.2) is 4.79 Å². The second-order valence-electron chi connectivity index (χ2n) is 9.39. The number of esters is 1. The van der Waals surface area contributed by atoms with Crippen molar-refractivity contribution in [2.75, 3.05) is 20.2 Å². The number of hydrogen-bond donors (Lipinski definition) is 4. The normalized spacial score (nSPS) is 12.6. The molecule has 2 amide bonds. The molecule has 1 rings (SSSR count). The zero-order valence-corrected chi connectivity index (χ0v) is 22.5. The van der Waals surface area contributed by atoms with Crippen LogP contribution in [0.1, 0.15) is 107 Å². The summed E-state index contributed by atoms with van der Waals surface area (Å²) in [6.45, 7) is 4.95. The van der Waals surface area contributed by atoms with Crippen LogP contribution >= 0.6 is 0 Å². The molecular weight excluding hydrogens is 458 g/mol. The Hall–Kier alpha value is -2.45. The Bertz CT molecular complexity index is 769. The Labute approximate surface area is 217 Å². The zero-order valence-electron chi connectivity index (χ0n) is 22.5.